The van der Waals surface area contributed by atoms with Crippen LogP contribution in [-0.4, -0.2) is 17.0 Å². The summed E-state index contributed by atoms with van der Waals surface area (Å²) in [5.41, 5.74) is 2.79. The van der Waals surface area contributed by atoms with Crippen molar-refractivity contribution in [1.29, 1.82) is 0 Å². The zero-order valence-electron chi connectivity index (χ0n) is 17.5. The molecule has 0 saturated heterocycles. The Labute approximate surface area is 168 Å². The molecule has 0 bridgehead atoms. The maximum absolute atomic E-state index is 9.38. The van der Waals surface area contributed by atoms with Crippen LogP contribution in [0.15, 0.2) is 35.9 Å². The summed E-state index contributed by atoms with van der Waals surface area (Å²) < 4.78 is 1.42. The maximum Gasteiger partial charge on any atom is 0.115 e. The van der Waals surface area contributed by atoms with Crippen molar-refractivity contribution in [3.05, 3.63) is 47.6 Å². The minimum absolute atomic E-state index is 0.299. The predicted molar refractivity (Wildman–Crippen MR) is 112 cm³/mol. The summed E-state index contributed by atoms with van der Waals surface area (Å²) in [6, 6.07) is 5.86. The van der Waals surface area contributed by atoms with Crippen LogP contribution in [0.2, 0.25) is 19.6 Å². The minimum Gasteiger partial charge on any atom is -0.508 e. The number of benzene rings is 1. The largest absolute Gasteiger partial charge is 0.508 e. The second-order valence-electron chi connectivity index (χ2n) is 8.75. The number of allylic oxidation sites excluding steroid dienone is 4. The van der Waals surface area contributed by atoms with Crippen molar-refractivity contribution in [2.45, 2.75) is 67.6 Å². The molecule has 0 saturated carbocycles. The van der Waals surface area contributed by atoms with E-state index >= 15 is 0 Å². The Hall–Kier alpha value is -0.699. The molecule has 0 fully saturated rings. The topological polar surface area (TPSA) is 20.2 Å². The monoisotopic (exact) mass is 391 g/mol. The van der Waals surface area contributed by atoms with Gasteiger partial charge in [-0.05, 0) is 30.0 Å². The number of aryl methyl sites for hydroxylation is 1. The molecule has 1 aromatic carbocycles. The zero-order chi connectivity index (χ0) is 19.8. The molecule has 0 aromatic heterocycles. The molecule has 0 spiro atoms. The van der Waals surface area contributed by atoms with E-state index in [0.717, 1.165) is 12.0 Å². The van der Waals surface area contributed by atoms with Gasteiger partial charge in [-0.1, -0.05) is 51.7 Å². The van der Waals surface area contributed by atoms with Crippen LogP contribution in [0.25, 0.3) is 0 Å². The summed E-state index contributed by atoms with van der Waals surface area (Å²) in [5.74, 6) is 0.396. The van der Waals surface area contributed by atoms with E-state index in [1.807, 2.05) is 13.0 Å². The van der Waals surface area contributed by atoms with Crippen molar-refractivity contribution < 1.29 is 25.1 Å². The van der Waals surface area contributed by atoms with Crippen LogP contribution in [0.4, 0.5) is 0 Å². The van der Waals surface area contributed by atoms with Crippen molar-refractivity contribution >= 4 is 17.1 Å². The molecule has 0 radical (unpaired) electrons. The second-order valence-corrected chi connectivity index (χ2v) is 15.4. The van der Waals surface area contributed by atoms with Gasteiger partial charge in [-0.2, -0.15) is 6.08 Å². The number of phenols is 1. The van der Waals surface area contributed by atoms with Gasteiger partial charge in [0.15, 0.2) is 0 Å². The van der Waals surface area contributed by atoms with Gasteiger partial charge < -0.3 is 5.11 Å². The third kappa shape index (κ3) is 11.5. The van der Waals surface area contributed by atoms with Gasteiger partial charge in [-0.3, -0.25) is 6.08 Å². The second kappa shape index (κ2) is 10.4. The average molecular weight is 391 g/mol. The van der Waals surface area contributed by atoms with Gasteiger partial charge in [0.1, 0.15) is 5.75 Å². The Morgan fingerprint density at radius 2 is 1.64 bits per heavy atom. The fourth-order valence-corrected chi connectivity index (χ4v) is 3.36. The minimum atomic E-state index is -1.26. The summed E-state index contributed by atoms with van der Waals surface area (Å²) >= 11 is 2.08. The van der Waals surface area contributed by atoms with Gasteiger partial charge in [0.05, 0.1) is 8.07 Å². The molecule has 1 aliphatic carbocycles. The zero-order valence-corrected chi connectivity index (χ0v) is 20.1. The first-order chi connectivity index (χ1) is 11.2. The summed E-state index contributed by atoms with van der Waals surface area (Å²) in [7, 11) is -1.26. The quantitative estimate of drug-likeness (QED) is 0.480. The SMILES string of the molecule is CC(C)(C)C1=[C-]CC=C1.C[C](C)=[Ti+].Cc1cc(O)cc([Si](C)(C)C)c1. The third-order valence-corrected chi connectivity index (χ3v) is 5.45. The van der Waals surface area contributed by atoms with E-state index in [0.29, 0.717) is 11.2 Å². The molecule has 137 valence electrons. The number of hydrogen-bond donors (Lipinski definition) is 1. The Kier molecular flexibility index (Phi) is 10.2. The molecule has 0 heterocycles. The van der Waals surface area contributed by atoms with Gasteiger partial charge in [0.2, 0.25) is 0 Å². The molecule has 0 unspecified atom stereocenters. The van der Waals surface area contributed by atoms with Gasteiger partial charge in [0, 0.05) is 0 Å². The van der Waals surface area contributed by atoms with Crippen LogP contribution in [0.5, 0.6) is 5.75 Å². The van der Waals surface area contributed by atoms with E-state index in [9.17, 15) is 5.11 Å². The number of phenolic OH excluding ortho intramolecular Hbond substituents is 1. The summed E-state index contributed by atoms with van der Waals surface area (Å²) in [4.78, 5) is 0. The smallest absolute Gasteiger partial charge is 0.115 e. The third-order valence-electron chi connectivity index (χ3n) is 3.43. The Morgan fingerprint density at radius 1 is 1.12 bits per heavy atom. The number of rotatable bonds is 1. The van der Waals surface area contributed by atoms with E-state index in [1.54, 1.807) is 6.07 Å². The number of aromatic hydroxyl groups is 1. The molecule has 0 aliphatic heterocycles. The van der Waals surface area contributed by atoms with E-state index in [1.165, 1.54) is 14.6 Å². The van der Waals surface area contributed by atoms with E-state index in [-0.39, 0.29) is 0 Å². The molecule has 1 N–H and O–H groups in total. The molecule has 1 nitrogen and oxygen atoms in total. The van der Waals surface area contributed by atoms with Gasteiger partial charge in [0.25, 0.3) is 0 Å². The Morgan fingerprint density at radius 3 is 1.92 bits per heavy atom. The molecule has 3 heteroatoms. The molecule has 0 amide bonds. The van der Waals surface area contributed by atoms with Crippen molar-refractivity contribution in [1.82, 2.24) is 0 Å². The number of hydrogen-bond acceptors (Lipinski definition) is 1. The van der Waals surface area contributed by atoms with Gasteiger partial charge in [-0.25, -0.2) is 11.6 Å². The average Bonchev–Trinajstić information content (AvgIpc) is 2.89. The standard InChI is InChI=1S/C10H16OSi.C9H13.C3H6.Ti/c1-8-5-9(11)7-10(6-8)12(2,3)4;1-9(2,3)8-6-4-5-7-8;1-3-2;/h5-7,11H,1-4H3;4,6H,5H2,1-3H3;1-2H3;/q;-1;;+1. The van der Waals surface area contributed by atoms with Crippen LogP contribution in [0.1, 0.15) is 46.6 Å². The van der Waals surface area contributed by atoms with Gasteiger partial charge >= 0.3 is 37.6 Å². The van der Waals surface area contributed by atoms with E-state index in [2.05, 4.69) is 98.5 Å². The van der Waals surface area contributed by atoms with E-state index < -0.39 is 8.07 Å². The van der Waals surface area contributed by atoms with E-state index in [4.69, 9.17) is 0 Å². The molecule has 1 aliphatic rings. The van der Waals surface area contributed by atoms with Crippen molar-refractivity contribution in [2.24, 2.45) is 5.41 Å². The molecule has 0 atom stereocenters. The normalized spacial score (nSPS) is 13.3. The van der Waals surface area contributed by atoms with Gasteiger partial charge in [-0.15, -0.1) is 6.42 Å². The van der Waals surface area contributed by atoms with Crippen molar-refractivity contribution in [3.63, 3.8) is 0 Å². The molecular formula is C22H35OSiTi. The van der Waals surface area contributed by atoms with Crippen LogP contribution < -0.4 is 5.19 Å². The summed E-state index contributed by atoms with van der Waals surface area (Å²) in [6.07, 6.45) is 8.63. The van der Waals surface area contributed by atoms with Crippen LogP contribution in [-0.2, 0) is 20.0 Å². The predicted octanol–water partition coefficient (Wildman–Crippen LogP) is 5.71. The fourth-order valence-electron chi connectivity index (χ4n) is 2.12. The van der Waals surface area contributed by atoms with Crippen LogP contribution in [0, 0.1) is 18.4 Å². The first kappa shape index (κ1) is 24.3. The molecule has 1 aromatic rings. The Bertz CT molecular complexity index is 604. The summed E-state index contributed by atoms with van der Waals surface area (Å²) in [5, 5.41) is 10.7. The molecule has 2 rings (SSSR count). The van der Waals surface area contributed by atoms with Crippen LogP contribution >= 0.6 is 0 Å². The fraction of sp³-hybridized carbons (Fsp3) is 0.500. The Balaban J connectivity index is 0.000000391. The first-order valence-electron chi connectivity index (χ1n) is 8.84. The van der Waals surface area contributed by atoms with Crippen LogP contribution in [0.3, 0.4) is 0 Å². The molecular weight excluding hydrogens is 356 g/mol. The maximum atomic E-state index is 9.38. The van der Waals surface area contributed by atoms with Crippen molar-refractivity contribution in [2.75, 3.05) is 0 Å². The first-order valence-corrected chi connectivity index (χ1v) is 13.1. The van der Waals surface area contributed by atoms with Crippen molar-refractivity contribution in [3.8, 4) is 5.75 Å². The molecule has 25 heavy (non-hydrogen) atoms. The summed E-state index contributed by atoms with van der Waals surface area (Å²) in [6.45, 7) is 19.7.